The molecule has 1 aromatic rings. The predicted octanol–water partition coefficient (Wildman–Crippen LogP) is 3.07. The number of nitrogens with zero attached hydrogens (tertiary/aromatic N) is 1. The number of halogens is 1. The lowest BCUT2D eigenvalue weighted by Gasteiger charge is -2.36. The van der Waals surface area contributed by atoms with E-state index < -0.39 is 0 Å². The zero-order chi connectivity index (χ0) is 12.3. The van der Waals surface area contributed by atoms with Crippen molar-refractivity contribution in [2.24, 2.45) is 11.7 Å². The largest absolute Gasteiger partial charge is 0.329 e. The highest BCUT2D eigenvalue weighted by molar-refractivity contribution is 6.30. The molecule has 2 N–H and O–H groups in total. The van der Waals surface area contributed by atoms with Gasteiger partial charge < -0.3 is 5.73 Å². The molecule has 2 nitrogen and oxygen atoms in total. The fourth-order valence-corrected chi connectivity index (χ4v) is 2.75. The Morgan fingerprint density at radius 3 is 2.71 bits per heavy atom. The molecule has 1 saturated heterocycles. The number of likely N-dealkylation sites (tertiary alicyclic amines) is 1. The van der Waals surface area contributed by atoms with Gasteiger partial charge in [0.05, 0.1) is 0 Å². The maximum atomic E-state index is 6.05. The van der Waals surface area contributed by atoms with E-state index in [1.807, 2.05) is 18.2 Å². The van der Waals surface area contributed by atoms with Gasteiger partial charge in [-0.1, -0.05) is 30.7 Å². The summed E-state index contributed by atoms with van der Waals surface area (Å²) in [7, 11) is 0. The Labute approximate surface area is 109 Å². The van der Waals surface area contributed by atoms with Gasteiger partial charge in [0, 0.05) is 17.6 Å². The molecule has 94 valence electrons. The van der Waals surface area contributed by atoms with E-state index in [9.17, 15) is 0 Å². The molecule has 2 rings (SSSR count). The molecule has 17 heavy (non-hydrogen) atoms. The summed E-state index contributed by atoms with van der Waals surface area (Å²) < 4.78 is 0. The Balaban J connectivity index is 2.10. The van der Waals surface area contributed by atoms with E-state index >= 15 is 0 Å². The highest BCUT2D eigenvalue weighted by Gasteiger charge is 2.23. The van der Waals surface area contributed by atoms with Crippen LogP contribution in [0.4, 0.5) is 0 Å². The first-order valence-electron chi connectivity index (χ1n) is 6.40. The third-order valence-electron chi connectivity index (χ3n) is 3.72. The third-order valence-corrected chi connectivity index (χ3v) is 3.95. The second kappa shape index (κ2) is 5.85. The molecular weight excluding hydrogens is 232 g/mol. The number of piperidine rings is 1. The zero-order valence-electron chi connectivity index (χ0n) is 10.4. The summed E-state index contributed by atoms with van der Waals surface area (Å²) in [5.74, 6) is 0.851. The molecule has 1 aromatic carbocycles. The first kappa shape index (κ1) is 12.9. The molecule has 1 aliphatic rings. The van der Waals surface area contributed by atoms with Crippen LogP contribution < -0.4 is 5.73 Å². The molecule has 0 aliphatic carbocycles. The number of hydrogen-bond acceptors (Lipinski definition) is 2. The van der Waals surface area contributed by atoms with Gasteiger partial charge in [0.15, 0.2) is 0 Å². The average molecular weight is 253 g/mol. The molecule has 1 heterocycles. The summed E-state index contributed by atoms with van der Waals surface area (Å²) in [6.45, 7) is 5.29. The van der Waals surface area contributed by atoms with Crippen LogP contribution in [0.3, 0.4) is 0 Å². The Morgan fingerprint density at radius 2 is 2.12 bits per heavy atom. The molecule has 0 saturated carbocycles. The molecule has 0 bridgehead atoms. The summed E-state index contributed by atoms with van der Waals surface area (Å²) in [6, 6.07) is 8.41. The lowest BCUT2D eigenvalue weighted by molar-refractivity contribution is 0.141. The van der Waals surface area contributed by atoms with Gasteiger partial charge in [-0.05, 0) is 49.5 Å². The van der Waals surface area contributed by atoms with Crippen LogP contribution in [0, 0.1) is 5.92 Å². The van der Waals surface area contributed by atoms with Crippen molar-refractivity contribution in [1.29, 1.82) is 0 Å². The van der Waals surface area contributed by atoms with E-state index in [0.717, 1.165) is 24.0 Å². The third kappa shape index (κ3) is 3.21. The van der Waals surface area contributed by atoms with Crippen molar-refractivity contribution in [1.82, 2.24) is 4.90 Å². The summed E-state index contributed by atoms with van der Waals surface area (Å²) >= 11 is 6.05. The molecule has 1 aliphatic heterocycles. The van der Waals surface area contributed by atoms with Crippen LogP contribution in [0.5, 0.6) is 0 Å². The smallest absolute Gasteiger partial charge is 0.0470 e. The standard InChI is InChI=1S/C14H21ClN2/c1-11-5-7-17(8-6-11)14(10-16)12-3-2-4-13(15)9-12/h2-4,9,11,14H,5-8,10,16H2,1H3/t14-/m1/s1. The zero-order valence-corrected chi connectivity index (χ0v) is 11.2. The number of rotatable bonds is 3. The van der Waals surface area contributed by atoms with Gasteiger partial charge in [0.25, 0.3) is 0 Å². The summed E-state index contributed by atoms with van der Waals surface area (Å²) in [6.07, 6.45) is 2.55. The molecule has 0 radical (unpaired) electrons. The minimum absolute atomic E-state index is 0.321. The highest BCUT2D eigenvalue weighted by Crippen LogP contribution is 2.27. The number of benzene rings is 1. The van der Waals surface area contributed by atoms with Crippen molar-refractivity contribution in [2.75, 3.05) is 19.6 Å². The quantitative estimate of drug-likeness (QED) is 0.896. The SMILES string of the molecule is CC1CCN([C@H](CN)c2cccc(Cl)c2)CC1. The number of hydrogen-bond donors (Lipinski definition) is 1. The van der Waals surface area contributed by atoms with Crippen LogP contribution in [0.1, 0.15) is 31.4 Å². The van der Waals surface area contributed by atoms with E-state index in [1.165, 1.54) is 18.4 Å². The van der Waals surface area contributed by atoms with Crippen LogP contribution in [-0.4, -0.2) is 24.5 Å². The summed E-state index contributed by atoms with van der Waals surface area (Å²) in [5, 5.41) is 0.798. The van der Waals surface area contributed by atoms with Gasteiger partial charge in [0.2, 0.25) is 0 Å². The first-order valence-corrected chi connectivity index (χ1v) is 6.78. The fraction of sp³-hybridized carbons (Fsp3) is 0.571. The van der Waals surface area contributed by atoms with Crippen LogP contribution in [0.25, 0.3) is 0 Å². The van der Waals surface area contributed by atoms with Crippen LogP contribution >= 0.6 is 11.6 Å². The molecule has 0 amide bonds. The molecule has 1 atom stereocenters. The molecule has 3 heteroatoms. The molecule has 1 fully saturated rings. The topological polar surface area (TPSA) is 29.3 Å². The maximum absolute atomic E-state index is 6.05. The predicted molar refractivity (Wildman–Crippen MR) is 73.2 cm³/mol. The Kier molecular flexibility index (Phi) is 4.43. The minimum atomic E-state index is 0.321. The second-order valence-corrected chi connectivity index (χ2v) is 5.46. The molecular formula is C14H21ClN2. The monoisotopic (exact) mass is 252 g/mol. The maximum Gasteiger partial charge on any atom is 0.0470 e. The lowest BCUT2D eigenvalue weighted by atomic mass is 9.96. The van der Waals surface area contributed by atoms with Crippen molar-refractivity contribution >= 4 is 11.6 Å². The Morgan fingerprint density at radius 1 is 1.41 bits per heavy atom. The van der Waals surface area contributed by atoms with Gasteiger partial charge in [-0.15, -0.1) is 0 Å². The van der Waals surface area contributed by atoms with E-state index in [-0.39, 0.29) is 0 Å². The van der Waals surface area contributed by atoms with Gasteiger partial charge in [-0.2, -0.15) is 0 Å². The van der Waals surface area contributed by atoms with E-state index in [4.69, 9.17) is 17.3 Å². The Bertz CT molecular complexity index is 359. The van der Waals surface area contributed by atoms with Gasteiger partial charge >= 0.3 is 0 Å². The Hall–Kier alpha value is -0.570. The lowest BCUT2D eigenvalue weighted by Crippen LogP contribution is -2.39. The fourth-order valence-electron chi connectivity index (χ4n) is 2.55. The van der Waals surface area contributed by atoms with E-state index in [1.54, 1.807) is 0 Å². The van der Waals surface area contributed by atoms with Crippen molar-refractivity contribution in [2.45, 2.75) is 25.8 Å². The van der Waals surface area contributed by atoms with Gasteiger partial charge in [-0.25, -0.2) is 0 Å². The van der Waals surface area contributed by atoms with Crippen molar-refractivity contribution in [3.05, 3.63) is 34.9 Å². The minimum Gasteiger partial charge on any atom is -0.329 e. The average Bonchev–Trinajstić information content (AvgIpc) is 2.33. The summed E-state index contributed by atoms with van der Waals surface area (Å²) in [4.78, 5) is 2.49. The van der Waals surface area contributed by atoms with Crippen LogP contribution in [0.15, 0.2) is 24.3 Å². The van der Waals surface area contributed by atoms with Gasteiger partial charge in [0.1, 0.15) is 0 Å². The highest BCUT2D eigenvalue weighted by atomic mass is 35.5. The van der Waals surface area contributed by atoms with E-state index in [2.05, 4.69) is 17.9 Å². The van der Waals surface area contributed by atoms with Crippen LogP contribution in [-0.2, 0) is 0 Å². The first-order chi connectivity index (χ1) is 8.20. The van der Waals surface area contributed by atoms with Crippen molar-refractivity contribution in [3.8, 4) is 0 Å². The number of nitrogens with two attached hydrogens (primary N) is 1. The van der Waals surface area contributed by atoms with Crippen LogP contribution in [0.2, 0.25) is 5.02 Å². The molecule has 0 aromatic heterocycles. The van der Waals surface area contributed by atoms with Gasteiger partial charge in [-0.3, -0.25) is 4.90 Å². The van der Waals surface area contributed by atoms with Crippen molar-refractivity contribution < 1.29 is 0 Å². The van der Waals surface area contributed by atoms with E-state index in [0.29, 0.717) is 12.6 Å². The summed E-state index contributed by atoms with van der Waals surface area (Å²) in [5.41, 5.74) is 7.18. The second-order valence-electron chi connectivity index (χ2n) is 5.02. The normalized spacial score (nSPS) is 20.4. The van der Waals surface area contributed by atoms with Crippen molar-refractivity contribution in [3.63, 3.8) is 0 Å². The molecule has 0 spiro atoms. The molecule has 0 unspecified atom stereocenters.